The minimum atomic E-state index is -0.498. The van der Waals surface area contributed by atoms with Gasteiger partial charge in [-0.25, -0.2) is 9.59 Å². The average molecular weight is 324 g/mol. The van der Waals surface area contributed by atoms with Crippen LogP contribution >= 0.6 is 0 Å². The van der Waals surface area contributed by atoms with Crippen LogP contribution in [0.1, 0.15) is 43.0 Å². The zero-order chi connectivity index (χ0) is 17.7. The van der Waals surface area contributed by atoms with Gasteiger partial charge in [0, 0.05) is 0 Å². The maximum Gasteiger partial charge on any atom is 0.337 e. The molecule has 24 heavy (non-hydrogen) atoms. The molecule has 0 saturated heterocycles. The van der Waals surface area contributed by atoms with E-state index >= 15 is 0 Å². The maximum atomic E-state index is 11.8. The van der Waals surface area contributed by atoms with Gasteiger partial charge >= 0.3 is 11.9 Å². The van der Waals surface area contributed by atoms with Crippen molar-refractivity contribution in [1.29, 1.82) is 0 Å². The van der Waals surface area contributed by atoms with Crippen molar-refractivity contribution in [3.8, 4) is 0 Å². The van der Waals surface area contributed by atoms with Crippen LogP contribution in [0.15, 0.2) is 36.4 Å². The number of hydrogen-bond donors (Lipinski definition) is 0. The molecule has 2 aromatic carbocycles. The number of benzene rings is 2. The van der Waals surface area contributed by atoms with Crippen molar-refractivity contribution in [2.45, 2.75) is 13.8 Å². The Kier molecular flexibility index (Phi) is 5.53. The van der Waals surface area contributed by atoms with Crippen molar-refractivity contribution in [2.75, 3.05) is 14.2 Å². The number of rotatable bonds is 4. The van der Waals surface area contributed by atoms with Crippen LogP contribution < -0.4 is 0 Å². The molecule has 0 fully saturated rings. The predicted molar refractivity (Wildman–Crippen MR) is 94.0 cm³/mol. The van der Waals surface area contributed by atoms with Crippen molar-refractivity contribution in [2.24, 2.45) is 0 Å². The number of carbonyl (C=O) groups excluding carboxylic acids is 2. The number of aryl methyl sites for hydroxylation is 2. The molecule has 124 valence electrons. The van der Waals surface area contributed by atoms with Gasteiger partial charge in [-0.05, 0) is 43.2 Å². The molecule has 0 aliphatic heterocycles. The zero-order valence-electron chi connectivity index (χ0n) is 14.3. The Morgan fingerprint density at radius 2 is 1.12 bits per heavy atom. The van der Waals surface area contributed by atoms with Gasteiger partial charge in [0.2, 0.25) is 0 Å². The first-order valence-corrected chi connectivity index (χ1v) is 7.51. The number of hydrogen-bond acceptors (Lipinski definition) is 4. The van der Waals surface area contributed by atoms with Gasteiger partial charge < -0.3 is 9.47 Å². The van der Waals surface area contributed by atoms with Gasteiger partial charge in [-0.1, -0.05) is 41.5 Å². The smallest absolute Gasteiger partial charge is 0.337 e. The molecule has 0 aliphatic rings. The van der Waals surface area contributed by atoms with Crippen LogP contribution in [0.3, 0.4) is 0 Å². The van der Waals surface area contributed by atoms with Gasteiger partial charge in [0.05, 0.1) is 25.3 Å². The second kappa shape index (κ2) is 7.59. The number of esters is 2. The first-order valence-electron chi connectivity index (χ1n) is 7.51. The Morgan fingerprint density at radius 3 is 1.54 bits per heavy atom. The number of carbonyl (C=O) groups is 2. The minimum absolute atomic E-state index is 0.306. The highest BCUT2D eigenvalue weighted by Crippen LogP contribution is 2.17. The summed E-state index contributed by atoms with van der Waals surface area (Å²) in [5, 5.41) is 0. The number of methoxy groups -OCH3 is 2. The van der Waals surface area contributed by atoms with Crippen LogP contribution in [0.25, 0.3) is 12.2 Å². The van der Waals surface area contributed by atoms with Gasteiger partial charge in [0.25, 0.3) is 0 Å². The van der Waals surface area contributed by atoms with E-state index in [1.165, 1.54) is 31.4 Å². The molecule has 4 heteroatoms. The molecule has 4 nitrogen and oxygen atoms in total. The van der Waals surface area contributed by atoms with Crippen LogP contribution in [0.4, 0.5) is 0 Å². The van der Waals surface area contributed by atoms with E-state index in [9.17, 15) is 9.59 Å². The lowest BCUT2D eigenvalue weighted by Gasteiger charge is -2.06. The van der Waals surface area contributed by atoms with E-state index < -0.39 is 11.9 Å². The van der Waals surface area contributed by atoms with E-state index in [1.807, 2.05) is 26.0 Å². The SMILES string of the molecule is COC(=O)c1cc(/C=C/c2cc(C)cc(C)c2)cc(C(=O)OC)c1. The summed E-state index contributed by atoms with van der Waals surface area (Å²) < 4.78 is 9.48. The summed E-state index contributed by atoms with van der Waals surface area (Å²) in [6.45, 7) is 4.08. The van der Waals surface area contributed by atoms with Crippen molar-refractivity contribution in [3.05, 3.63) is 69.8 Å². The third-order valence-electron chi connectivity index (χ3n) is 3.51. The third kappa shape index (κ3) is 4.32. The first-order chi connectivity index (χ1) is 11.4. The fourth-order valence-electron chi connectivity index (χ4n) is 2.52. The normalized spacial score (nSPS) is 10.7. The van der Waals surface area contributed by atoms with E-state index in [1.54, 1.807) is 12.1 Å². The molecule has 0 atom stereocenters. The lowest BCUT2D eigenvalue weighted by molar-refractivity contribution is 0.0599. The summed E-state index contributed by atoms with van der Waals surface area (Å²) >= 11 is 0. The Bertz CT molecular complexity index is 749. The highest BCUT2D eigenvalue weighted by molar-refractivity contribution is 5.96. The molecule has 0 unspecified atom stereocenters. The van der Waals surface area contributed by atoms with Crippen LogP contribution in [-0.2, 0) is 9.47 Å². The van der Waals surface area contributed by atoms with Crippen LogP contribution in [-0.4, -0.2) is 26.2 Å². The van der Waals surface area contributed by atoms with Crippen molar-refractivity contribution in [1.82, 2.24) is 0 Å². The zero-order valence-corrected chi connectivity index (χ0v) is 14.3. The van der Waals surface area contributed by atoms with Crippen LogP contribution in [0.2, 0.25) is 0 Å². The lowest BCUT2D eigenvalue weighted by Crippen LogP contribution is -2.07. The second-order valence-corrected chi connectivity index (χ2v) is 5.58. The van der Waals surface area contributed by atoms with Crippen LogP contribution in [0.5, 0.6) is 0 Å². The van der Waals surface area contributed by atoms with E-state index in [2.05, 4.69) is 18.2 Å². The molecule has 0 saturated carbocycles. The van der Waals surface area contributed by atoms with Gasteiger partial charge in [0.1, 0.15) is 0 Å². The topological polar surface area (TPSA) is 52.6 Å². The van der Waals surface area contributed by atoms with Crippen molar-refractivity contribution < 1.29 is 19.1 Å². The molecule has 0 spiro atoms. The molecular formula is C20H20O4. The molecule has 2 rings (SSSR count). The highest BCUT2D eigenvalue weighted by atomic mass is 16.5. The second-order valence-electron chi connectivity index (χ2n) is 5.58. The molecule has 0 heterocycles. The molecule has 0 bridgehead atoms. The Morgan fingerprint density at radius 1 is 0.708 bits per heavy atom. The first kappa shape index (κ1) is 17.5. The maximum absolute atomic E-state index is 11.8. The van der Waals surface area contributed by atoms with Gasteiger partial charge in [-0.15, -0.1) is 0 Å². The van der Waals surface area contributed by atoms with E-state index in [0.29, 0.717) is 11.1 Å². The Labute approximate surface area is 141 Å². The summed E-state index contributed by atoms with van der Waals surface area (Å²) in [4.78, 5) is 23.6. The highest BCUT2D eigenvalue weighted by Gasteiger charge is 2.12. The van der Waals surface area contributed by atoms with Crippen molar-refractivity contribution >= 4 is 24.1 Å². The Hall–Kier alpha value is -2.88. The largest absolute Gasteiger partial charge is 0.465 e. The van der Waals surface area contributed by atoms with Gasteiger partial charge in [-0.3, -0.25) is 0 Å². The van der Waals surface area contributed by atoms with E-state index in [0.717, 1.165) is 11.1 Å². The lowest BCUT2D eigenvalue weighted by atomic mass is 10.0. The summed E-state index contributed by atoms with van der Waals surface area (Å²) in [6, 6.07) is 11.1. The van der Waals surface area contributed by atoms with E-state index in [4.69, 9.17) is 9.47 Å². The molecule has 0 radical (unpaired) electrons. The molecule has 2 aromatic rings. The number of ether oxygens (including phenoxy) is 2. The minimum Gasteiger partial charge on any atom is -0.465 e. The van der Waals surface area contributed by atoms with Gasteiger partial charge in [-0.2, -0.15) is 0 Å². The van der Waals surface area contributed by atoms with Crippen LogP contribution in [0, 0.1) is 13.8 Å². The fraction of sp³-hybridized carbons (Fsp3) is 0.200. The standard InChI is InChI=1S/C20H20O4/c1-13-7-14(2)9-15(8-13)5-6-16-10-17(19(21)23-3)12-18(11-16)20(22)24-4/h5-12H,1-4H3/b6-5+. The quantitative estimate of drug-likeness (QED) is 0.629. The molecule has 0 aromatic heterocycles. The average Bonchev–Trinajstić information content (AvgIpc) is 2.57. The summed E-state index contributed by atoms with van der Waals surface area (Å²) in [7, 11) is 2.61. The third-order valence-corrected chi connectivity index (χ3v) is 3.51. The monoisotopic (exact) mass is 324 g/mol. The summed E-state index contributed by atoms with van der Waals surface area (Å²) in [5.74, 6) is -0.997. The van der Waals surface area contributed by atoms with Gasteiger partial charge in [0.15, 0.2) is 0 Å². The molecule has 0 N–H and O–H groups in total. The Balaban J connectivity index is 2.42. The molecular weight excluding hydrogens is 304 g/mol. The molecule has 0 amide bonds. The summed E-state index contributed by atoms with van der Waals surface area (Å²) in [6.07, 6.45) is 3.80. The molecule has 0 aliphatic carbocycles. The van der Waals surface area contributed by atoms with Crippen molar-refractivity contribution in [3.63, 3.8) is 0 Å². The van der Waals surface area contributed by atoms with E-state index in [-0.39, 0.29) is 0 Å². The summed E-state index contributed by atoms with van der Waals surface area (Å²) in [5.41, 5.74) is 4.73. The fourth-order valence-corrected chi connectivity index (χ4v) is 2.52. The predicted octanol–water partition coefficient (Wildman–Crippen LogP) is 4.05.